The van der Waals surface area contributed by atoms with Gasteiger partial charge in [-0.3, -0.25) is 0 Å². The fraction of sp³-hybridized carbons (Fsp3) is 0.455. The smallest absolute Gasteiger partial charge is 0.0356 e. The molecule has 0 saturated heterocycles. The van der Waals surface area contributed by atoms with Crippen molar-refractivity contribution >= 4 is 0 Å². The monoisotopic (exact) mass is 165 g/mol. The lowest BCUT2D eigenvalue weighted by Crippen LogP contribution is -2.22. The molecule has 1 nitrogen and oxygen atoms in total. The van der Waals surface area contributed by atoms with Crippen LogP contribution >= 0.6 is 0 Å². The summed E-state index contributed by atoms with van der Waals surface area (Å²) in [5.74, 6) is 0. The molecule has 0 rings (SSSR count). The Bertz CT molecular complexity index is 185. The van der Waals surface area contributed by atoms with Crippen LogP contribution in [0.5, 0.6) is 0 Å². The lowest BCUT2D eigenvalue weighted by atomic mass is 10.2. The fourth-order valence-corrected chi connectivity index (χ4v) is 1.20. The first-order chi connectivity index (χ1) is 5.67. The van der Waals surface area contributed by atoms with Crippen molar-refractivity contribution in [2.45, 2.75) is 20.8 Å². The van der Waals surface area contributed by atoms with Crippen LogP contribution in [0, 0.1) is 0 Å². The van der Waals surface area contributed by atoms with Gasteiger partial charge in [-0.05, 0) is 26.8 Å². The summed E-state index contributed by atoms with van der Waals surface area (Å²) >= 11 is 0. The van der Waals surface area contributed by atoms with E-state index in [1.807, 2.05) is 12.2 Å². The summed E-state index contributed by atoms with van der Waals surface area (Å²) in [7, 11) is 0. The number of hydrogen-bond acceptors (Lipinski definition) is 1. The van der Waals surface area contributed by atoms with E-state index >= 15 is 0 Å². The normalized spacial score (nSPS) is 8.92. The minimum Gasteiger partial charge on any atom is -0.368 e. The van der Waals surface area contributed by atoms with Crippen molar-refractivity contribution in [2.75, 3.05) is 13.1 Å². The Balaban J connectivity index is 4.55. The average Bonchev–Trinajstić information content (AvgIpc) is 2.03. The number of hydrogen-bond donors (Lipinski definition) is 0. The maximum atomic E-state index is 3.80. The first-order valence-electron chi connectivity index (χ1n) is 4.33. The first kappa shape index (κ1) is 11.0. The molecule has 0 aromatic heterocycles. The second kappa shape index (κ2) is 5.64. The van der Waals surface area contributed by atoms with E-state index in [0.29, 0.717) is 0 Å². The molecule has 0 heterocycles. The highest BCUT2D eigenvalue weighted by Gasteiger charge is 2.02. The van der Waals surface area contributed by atoms with E-state index in [0.717, 1.165) is 13.1 Å². The highest BCUT2D eigenvalue weighted by atomic mass is 15.1. The molecular formula is C11H19N. The minimum atomic E-state index is 0.892. The van der Waals surface area contributed by atoms with Gasteiger partial charge in [0, 0.05) is 18.8 Å². The minimum absolute atomic E-state index is 0.892. The van der Waals surface area contributed by atoms with Crippen LogP contribution in [-0.2, 0) is 0 Å². The van der Waals surface area contributed by atoms with Crippen LogP contribution in [0.15, 0.2) is 36.6 Å². The van der Waals surface area contributed by atoms with E-state index < -0.39 is 0 Å². The Hall–Kier alpha value is -0.980. The van der Waals surface area contributed by atoms with E-state index in [1.54, 1.807) is 0 Å². The van der Waals surface area contributed by atoms with Crippen LogP contribution in [0.3, 0.4) is 0 Å². The molecule has 0 spiro atoms. The molecule has 0 fully saturated rings. The molecule has 0 bridgehead atoms. The molecule has 0 aliphatic heterocycles. The van der Waals surface area contributed by atoms with Gasteiger partial charge in [-0.25, -0.2) is 0 Å². The standard InChI is InChI=1S/C11H19N/c1-6-9-12(8-3)11(7-2)10(4)5/h6-7H,1-2,8-9H2,3-5H3. The topological polar surface area (TPSA) is 3.24 Å². The van der Waals surface area contributed by atoms with Gasteiger partial charge in [0.1, 0.15) is 0 Å². The molecule has 12 heavy (non-hydrogen) atoms. The van der Waals surface area contributed by atoms with Crippen molar-refractivity contribution in [2.24, 2.45) is 0 Å². The van der Waals surface area contributed by atoms with Crippen molar-refractivity contribution in [1.82, 2.24) is 4.90 Å². The Kier molecular flexibility index (Phi) is 5.18. The van der Waals surface area contributed by atoms with Gasteiger partial charge >= 0.3 is 0 Å². The van der Waals surface area contributed by atoms with Crippen molar-refractivity contribution in [1.29, 1.82) is 0 Å². The second-order valence-corrected chi connectivity index (χ2v) is 2.92. The molecule has 0 aromatic rings. The maximum absolute atomic E-state index is 3.80. The summed E-state index contributed by atoms with van der Waals surface area (Å²) in [5, 5.41) is 0. The lowest BCUT2D eigenvalue weighted by molar-refractivity contribution is 0.410. The zero-order chi connectivity index (χ0) is 9.56. The number of allylic oxidation sites excluding steroid dienone is 2. The van der Waals surface area contributed by atoms with E-state index in [1.165, 1.54) is 11.3 Å². The van der Waals surface area contributed by atoms with E-state index in [4.69, 9.17) is 0 Å². The Morgan fingerprint density at radius 2 is 1.92 bits per heavy atom. The van der Waals surface area contributed by atoms with Crippen molar-refractivity contribution in [3.63, 3.8) is 0 Å². The summed E-state index contributed by atoms with van der Waals surface area (Å²) < 4.78 is 0. The summed E-state index contributed by atoms with van der Waals surface area (Å²) in [6, 6.07) is 0. The molecule has 0 N–H and O–H groups in total. The first-order valence-corrected chi connectivity index (χ1v) is 4.33. The van der Waals surface area contributed by atoms with Gasteiger partial charge in [-0.15, -0.1) is 6.58 Å². The van der Waals surface area contributed by atoms with Crippen LogP contribution in [0.2, 0.25) is 0 Å². The van der Waals surface area contributed by atoms with Crippen LogP contribution in [0.1, 0.15) is 20.8 Å². The molecule has 0 aliphatic rings. The highest BCUT2D eigenvalue weighted by molar-refractivity contribution is 5.20. The molecule has 1 heteroatoms. The molecule has 68 valence electrons. The quantitative estimate of drug-likeness (QED) is 0.447. The molecule has 0 saturated carbocycles. The van der Waals surface area contributed by atoms with Gasteiger partial charge in [-0.1, -0.05) is 18.2 Å². The van der Waals surface area contributed by atoms with Crippen LogP contribution in [-0.4, -0.2) is 18.0 Å². The van der Waals surface area contributed by atoms with Gasteiger partial charge < -0.3 is 4.90 Å². The van der Waals surface area contributed by atoms with Gasteiger partial charge in [0.05, 0.1) is 0 Å². The van der Waals surface area contributed by atoms with Crippen molar-refractivity contribution in [3.8, 4) is 0 Å². The van der Waals surface area contributed by atoms with Gasteiger partial charge in [-0.2, -0.15) is 0 Å². The maximum Gasteiger partial charge on any atom is 0.0356 e. The van der Waals surface area contributed by atoms with E-state index in [-0.39, 0.29) is 0 Å². The third kappa shape index (κ3) is 2.95. The molecular weight excluding hydrogens is 146 g/mol. The number of nitrogens with zero attached hydrogens (tertiary/aromatic N) is 1. The fourth-order valence-electron chi connectivity index (χ4n) is 1.20. The van der Waals surface area contributed by atoms with Crippen LogP contribution in [0.25, 0.3) is 0 Å². The molecule has 0 radical (unpaired) electrons. The number of rotatable bonds is 5. The molecule has 0 aliphatic carbocycles. The Labute approximate surface area is 76.1 Å². The SMILES string of the molecule is C=CCN(CC)C(C=C)=C(C)C. The molecule has 0 unspecified atom stereocenters. The third-order valence-electron chi connectivity index (χ3n) is 1.78. The largest absolute Gasteiger partial charge is 0.368 e. The van der Waals surface area contributed by atoms with Gasteiger partial charge in [0.2, 0.25) is 0 Å². The molecule has 0 atom stereocenters. The summed E-state index contributed by atoms with van der Waals surface area (Å²) in [6.07, 6.45) is 3.82. The zero-order valence-electron chi connectivity index (χ0n) is 8.43. The Morgan fingerprint density at radius 1 is 1.33 bits per heavy atom. The van der Waals surface area contributed by atoms with Crippen LogP contribution < -0.4 is 0 Å². The summed E-state index contributed by atoms with van der Waals surface area (Å²) in [6.45, 7) is 15.8. The molecule has 0 aromatic carbocycles. The lowest BCUT2D eigenvalue weighted by Gasteiger charge is -2.23. The van der Waals surface area contributed by atoms with E-state index in [9.17, 15) is 0 Å². The molecule has 0 amide bonds. The van der Waals surface area contributed by atoms with Crippen LogP contribution in [0.4, 0.5) is 0 Å². The Morgan fingerprint density at radius 3 is 2.17 bits per heavy atom. The zero-order valence-corrected chi connectivity index (χ0v) is 8.43. The van der Waals surface area contributed by atoms with Gasteiger partial charge in [0.25, 0.3) is 0 Å². The predicted molar refractivity (Wildman–Crippen MR) is 56.0 cm³/mol. The third-order valence-corrected chi connectivity index (χ3v) is 1.78. The average molecular weight is 165 g/mol. The predicted octanol–water partition coefficient (Wildman–Crippen LogP) is 2.97. The van der Waals surface area contributed by atoms with E-state index in [2.05, 4.69) is 38.8 Å². The second-order valence-electron chi connectivity index (χ2n) is 2.92. The van der Waals surface area contributed by atoms with Crippen molar-refractivity contribution in [3.05, 3.63) is 36.6 Å². The highest BCUT2D eigenvalue weighted by Crippen LogP contribution is 2.10. The summed E-state index contributed by atoms with van der Waals surface area (Å²) in [4.78, 5) is 2.25. The van der Waals surface area contributed by atoms with Crippen molar-refractivity contribution < 1.29 is 0 Å². The summed E-state index contributed by atoms with van der Waals surface area (Å²) in [5.41, 5.74) is 2.52. The number of likely N-dealkylation sites (N-methyl/N-ethyl adjacent to an activating group) is 1. The van der Waals surface area contributed by atoms with Gasteiger partial charge in [0.15, 0.2) is 0 Å².